The molecular weight excluding hydrogens is 244 g/mol. The zero-order valence-electron chi connectivity index (χ0n) is 10.5. The first kappa shape index (κ1) is 12.9. The molecule has 0 fully saturated rings. The summed E-state index contributed by atoms with van der Waals surface area (Å²) in [6.07, 6.45) is 4.98. The van der Waals surface area contributed by atoms with Crippen molar-refractivity contribution >= 4 is 11.9 Å². The van der Waals surface area contributed by atoms with Gasteiger partial charge in [0, 0.05) is 25.1 Å². The van der Waals surface area contributed by atoms with Crippen LogP contribution in [-0.4, -0.2) is 27.5 Å². The van der Waals surface area contributed by atoms with Gasteiger partial charge in [0.25, 0.3) is 0 Å². The molecule has 2 heterocycles. The number of aromatic nitrogens is 3. The van der Waals surface area contributed by atoms with E-state index in [1.807, 2.05) is 12.1 Å². The predicted molar refractivity (Wildman–Crippen MR) is 69.6 cm³/mol. The fourth-order valence-electron chi connectivity index (χ4n) is 1.45. The number of esters is 1. The first-order valence-corrected chi connectivity index (χ1v) is 5.92. The largest absolute Gasteiger partial charge is 0.461 e. The van der Waals surface area contributed by atoms with Crippen LogP contribution in [0.2, 0.25) is 0 Å². The standard InChI is InChI=1S/C13H14N4O2/c1-2-19-12(18)11-5-7-15-13(17-11)16-9-10-4-3-6-14-8-10/h3-8H,2,9H2,1H3,(H,15,16,17). The van der Waals surface area contributed by atoms with Gasteiger partial charge in [0.1, 0.15) is 0 Å². The molecule has 0 radical (unpaired) electrons. The maximum Gasteiger partial charge on any atom is 0.357 e. The highest BCUT2D eigenvalue weighted by atomic mass is 16.5. The smallest absolute Gasteiger partial charge is 0.357 e. The van der Waals surface area contributed by atoms with Crippen LogP contribution in [0.25, 0.3) is 0 Å². The monoisotopic (exact) mass is 258 g/mol. The van der Waals surface area contributed by atoms with Crippen LogP contribution < -0.4 is 5.32 Å². The molecule has 0 saturated heterocycles. The van der Waals surface area contributed by atoms with Gasteiger partial charge in [-0.2, -0.15) is 0 Å². The minimum Gasteiger partial charge on any atom is -0.461 e. The topological polar surface area (TPSA) is 77.0 Å². The third-order valence-electron chi connectivity index (χ3n) is 2.31. The fraction of sp³-hybridized carbons (Fsp3) is 0.231. The summed E-state index contributed by atoms with van der Waals surface area (Å²) in [6, 6.07) is 5.31. The second-order valence-electron chi connectivity index (χ2n) is 3.70. The molecule has 6 heteroatoms. The van der Waals surface area contributed by atoms with Crippen LogP contribution in [0, 0.1) is 0 Å². The van der Waals surface area contributed by atoms with Gasteiger partial charge in [-0.15, -0.1) is 0 Å². The molecule has 1 N–H and O–H groups in total. The van der Waals surface area contributed by atoms with Gasteiger partial charge in [0.05, 0.1) is 6.61 Å². The summed E-state index contributed by atoms with van der Waals surface area (Å²) in [5, 5.41) is 3.03. The van der Waals surface area contributed by atoms with E-state index in [9.17, 15) is 4.79 Å². The maximum absolute atomic E-state index is 11.5. The Hall–Kier alpha value is -2.50. The lowest BCUT2D eigenvalue weighted by Crippen LogP contribution is -2.10. The van der Waals surface area contributed by atoms with Crippen LogP contribution in [0.1, 0.15) is 23.0 Å². The molecule has 2 aromatic heterocycles. The van der Waals surface area contributed by atoms with Gasteiger partial charge in [-0.1, -0.05) is 6.07 Å². The lowest BCUT2D eigenvalue weighted by atomic mass is 10.3. The van der Waals surface area contributed by atoms with E-state index < -0.39 is 5.97 Å². The molecule has 0 amide bonds. The molecule has 19 heavy (non-hydrogen) atoms. The molecule has 98 valence electrons. The van der Waals surface area contributed by atoms with Crippen molar-refractivity contribution in [3.63, 3.8) is 0 Å². The zero-order valence-corrected chi connectivity index (χ0v) is 10.5. The molecular formula is C13H14N4O2. The molecule has 0 unspecified atom stereocenters. The molecule has 0 aliphatic heterocycles. The minimum atomic E-state index is -0.450. The first-order chi connectivity index (χ1) is 9.29. The number of pyridine rings is 1. The number of hydrogen-bond acceptors (Lipinski definition) is 6. The van der Waals surface area contributed by atoms with Crippen molar-refractivity contribution in [2.45, 2.75) is 13.5 Å². The van der Waals surface area contributed by atoms with Gasteiger partial charge >= 0.3 is 5.97 Å². The van der Waals surface area contributed by atoms with Crippen molar-refractivity contribution in [1.82, 2.24) is 15.0 Å². The number of anilines is 1. The second kappa shape index (κ2) is 6.44. The second-order valence-corrected chi connectivity index (χ2v) is 3.70. The van der Waals surface area contributed by atoms with Gasteiger partial charge in [0.15, 0.2) is 5.69 Å². The molecule has 2 rings (SSSR count). The Morgan fingerprint density at radius 1 is 1.37 bits per heavy atom. The third kappa shape index (κ3) is 3.74. The Morgan fingerprint density at radius 3 is 3.00 bits per heavy atom. The van der Waals surface area contributed by atoms with Gasteiger partial charge < -0.3 is 10.1 Å². The van der Waals surface area contributed by atoms with Crippen molar-refractivity contribution < 1.29 is 9.53 Å². The lowest BCUT2D eigenvalue weighted by Gasteiger charge is -2.06. The maximum atomic E-state index is 11.5. The normalized spacial score (nSPS) is 9.95. The molecule has 0 spiro atoms. The molecule has 0 saturated carbocycles. The van der Waals surface area contributed by atoms with Crippen LogP contribution in [0.4, 0.5) is 5.95 Å². The molecule has 0 atom stereocenters. The number of carbonyl (C=O) groups is 1. The summed E-state index contributed by atoms with van der Waals surface area (Å²) < 4.78 is 4.88. The highest BCUT2D eigenvalue weighted by Gasteiger charge is 2.09. The van der Waals surface area contributed by atoms with Crippen molar-refractivity contribution in [1.29, 1.82) is 0 Å². The SMILES string of the molecule is CCOC(=O)c1ccnc(NCc2cccnc2)n1. The molecule has 6 nitrogen and oxygen atoms in total. The van der Waals surface area contributed by atoms with Crippen LogP contribution in [0.15, 0.2) is 36.8 Å². The van der Waals surface area contributed by atoms with Crippen molar-refractivity contribution in [2.75, 3.05) is 11.9 Å². The summed E-state index contributed by atoms with van der Waals surface area (Å²) >= 11 is 0. The number of nitrogens with zero attached hydrogens (tertiary/aromatic N) is 3. The Morgan fingerprint density at radius 2 is 2.26 bits per heavy atom. The van der Waals surface area contributed by atoms with E-state index >= 15 is 0 Å². The molecule has 0 aromatic carbocycles. The summed E-state index contributed by atoms with van der Waals surface area (Å²) in [4.78, 5) is 23.7. The van der Waals surface area contributed by atoms with Gasteiger partial charge in [-0.25, -0.2) is 14.8 Å². The lowest BCUT2D eigenvalue weighted by molar-refractivity contribution is 0.0519. The fourth-order valence-corrected chi connectivity index (χ4v) is 1.45. The van der Waals surface area contributed by atoms with Gasteiger partial charge in [0.2, 0.25) is 5.95 Å². The number of nitrogens with one attached hydrogen (secondary N) is 1. The minimum absolute atomic E-state index is 0.241. The van der Waals surface area contributed by atoms with Crippen LogP contribution >= 0.6 is 0 Å². The highest BCUT2D eigenvalue weighted by Crippen LogP contribution is 2.05. The highest BCUT2D eigenvalue weighted by molar-refractivity contribution is 5.87. The molecule has 2 aromatic rings. The Labute approximate surface area is 110 Å². The molecule has 0 aliphatic carbocycles. The van der Waals surface area contributed by atoms with Crippen LogP contribution in [0.5, 0.6) is 0 Å². The van der Waals surface area contributed by atoms with Crippen molar-refractivity contribution in [3.05, 3.63) is 48.0 Å². The number of ether oxygens (including phenoxy) is 1. The van der Waals surface area contributed by atoms with Crippen molar-refractivity contribution in [2.24, 2.45) is 0 Å². The van der Waals surface area contributed by atoms with E-state index in [1.54, 1.807) is 19.3 Å². The van der Waals surface area contributed by atoms with Crippen LogP contribution in [0.3, 0.4) is 0 Å². The van der Waals surface area contributed by atoms with E-state index in [-0.39, 0.29) is 5.69 Å². The summed E-state index contributed by atoms with van der Waals surface area (Å²) in [5.41, 5.74) is 1.25. The van der Waals surface area contributed by atoms with E-state index in [1.165, 1.54) is 12.3 Å². The van der Waals surface area contributed by atoms with Crippen LogP contribution in [-0.2, 0) is 11.3 Å². The average molecular weight is 258 g/mol. The number of rotatable bonds is 5. The molecule has 0 aliphatic rings. The van der Waals surface area contributed by atoms with E-state index in [0.717, 1.165) is 5.56 Å². The van der Waals surface area contributed by atoms with Gasteiger partial charge in [-0.05, 0) is 24.6 Å². The Kier molecular flexibility index (Phi) is 4.39. The van der Waals surface area contributed by atoms with E-state index in [4.69, 9.17) is 4.74 Å². The predicted octanol–water partition coefficient (Wildman–Crippen LogP) is 1.66. The number of hydrogen-bond donors (Lipinski definition) is 1. The van der Waals surface area contributed by atoms with E-state index in [2.05, 4.69) is 20.3 Å². The average Bonchev–Trinajstić information content (AvgIpc) is 2.47. The first-order valence-electron chi connectivity index (χ1n) is 5.92. The summed E-state index contributed by atoms with van der Waals surface area (Å²) in [5.74, 6) is -0.0660. The summed E-state index contributed by atoms with van der Waals surface area (Å²) in [6.45, 7) is 2.61. The molecule has 0 bridgehead atoms. The number of carbonyl (C=O) groups excluding carboxylic acids is 1. The van der Waals surface area contributed by atoms with E-state index in [0.29, 0.717) is 19.1 Å². The quantitative estimate of drug-likeness (QED) is 0.822. The Bertz CT molecular complexity index is 545. The van der Waals surface area contributed by atoms with Gasteiger partial charge in [-0.3, -0.25) is 4.98 Å². The van der Waals surface area contributed by atoms with Crippen molar-refractivity contribution in [3.8, 4) is 0 Å². The Balaban J connectivity index is 2.01. The summed E-state index contributed by atoms with van der Waals surface area (Å²) in [7, 11) is 0. The zero-order chi connectivity index (χ0) is 13.5. The third-order valence-corrected chi connectivity index (χ3v) is 2.31.